The zero-order chi connectivity index (χ0) is 15.7. The number of carbonyl (C=O) groups is 1. The predicted molar refractivity (Wildman–Crippen MR) is 83.8 cm³/mol. The number of rotatable bonds is 8. The summed E-state index contributed by atoms with van der Waals surface area (Å²) in [5.41, 5.74) is 4.01. The molecule has 0 radical (unpaired) electrons. The first-order valence-electron chi connectivity index (χ1n) is 7.29. The fourth-order valence-electron chi connectivity index (χ4n) is 1.88. The maximum Gasteiger partial charge on any atom is 0.240 e. The van der Waals surface area contributed by atoms with Gasteiger partial charge in [0.25, 0.3) is 0 Å². The Balaban J connectivity index is 2.54. The topological polar surface area (TPSA) is 70.9 Å². The van der Waals surface area contributed by atoms with E-state index < -0.39 is 0 Å². The van der Waals surface area contributed by atoms with Crippen molar-refractivity contribution >= 4 is 11.6 Å². The molecule has 0 bridgehead atoms. The van der Waals surface area contributed by atoms with Crippen molar-refractivity contribution < 1.29 is 14.6 Å². The van der Waals surface area contributed by atoms with Crippen LogP contribution in [0.5, 0.6) is 11.5 Å². The highest BCUT2D eigenvalue weighted by Crippen LogP contribution is 2.26. The van der Waals surface area contributed by atoms with Gasteiger partial charge in [0.1, 0.15) is 0 Å². The molecule has 0 aliphatic carbocycles. The zero-order valence-corrected chi connectivity index (χ0v) is 13.0. The van der Waals surface area contributed by atoms with Crippen LogP contribution in [-0.4, -0.2) is 23.8 Å². The Labute approximate surface area is 126 Å². The number of benzene rings is 1. The molecule has 0 atom stereocenters. The van der Waals surface area contributed by atoms with Gasteiger partial charge in [-0.1, -0.05) is 26.2 Å². The smallest absolute Gasteiger partial charge is 0.240 e. The summed E-state index contributed by atoms with van der Waals surface area (Å²) < 4.78 is 5.05. The highest BCUT2D eigenvalue weighted by molar-refractivity contribution is 5.99. The van der Waals surface area contributed by atoms with E-state index in [-0.39, 0.29) is 11.7 Å². The summed E-state index contributed by atoms with van der Waals surface area (Å²) in [6.45, 7) is 3.93. The number of aromatic hydroxyl groups is 1. The molecule has 0 fully saturated rings. The lowest BCUT2D eigenvalue weighted by atomic mass is 10.1. The Morgan fingerprint density at radius 2 is 2.10 bits per heavy atom. The molecule has 1 aromatic rings. The predicted octanol–water partition coefficient (Wildman–Crippen LogP) is 3.21. The van der Waals surface area contributed by atoms with Crippen molar-refractivity contribution in [2.75, 3.05) is 7.11 Å². The second-order valence-corrected chi connectivity index (χ2v) is 4.93. The molecule has 0 aliphatic heterocycles. The number of hydrogen-bond acceptors (Lipinski definition) is 4. The summed E-state index contributed by atoms with van der Waals surface area (Å²) in [5.74, 6) is 0.387. The molecule has 0 aliphatic rings. The molecule has 1 rings (SSSR count). The van der Waals surface area contributed by atoms with E-state index in [0.29, 0.717) is 17.9 Å². The number of phenolic OH excluding ortho intramolecular Hbond substituents is 1. The zero-order valence-electron chi connectivity index (χ0n) is 13.0. The monoisotopic (exact) mass is 292 g/mol. The van der Waals surface area contributed by atoms with Crippen molar-refractivity contribution in [3.8, 4) is 11.5 Å². The second kappa shape index (κ2) is 9.00. The summed E-state index contributed by atoms with van der Waals surface area (Å²) in [4.78, 5) is 11.6. The van der Waals surface area contributed by atoms with Gasteiger partial charge < -0.3 is 9.84 Å². The number of unbranched alkanes of at least 4 members (excludes halogenated alkanes) is 3. The highest BCUT2D eigenvalue weighted by atomic mass is 16.5. The molecular weight excluding hydrogens is 268 g/mol. The number of phenols is 1. The quantitative estimate of drug-likeness (QED) is 0.439. The summed E-state index contributed by atoms with van der Waals surface area (Å²) in [6, 6.07) is 4.95. The largest absolute Gasteiger partial charge is 0.504 e. The van der Waals surface area contributed by atoms with Gasteiger partial charge in [-0.25, -0.2) is 5.43 Å². The second-order valence-electron chi connectivity index (χ2n) is 4.93. The third kappa shape index (κ3) is 5.85. The molecule has 0 saturated carbocycles. The standard InChI is InChI=1S/C16H24N2O3/c1-4-5-6-7-8-16(20)18-17-12(2)13-9-10-14(19)15(11-13)21-3/h9-11,19H,4-8H2,1-3H3,(H,18,20). The minimum Gasteiger partial charge on any atom is -0.504 e. The van der Waals surface area contributed by atoms with Gasteiger partial charge in [0, 0.05) is 12.0 Å². The van der Waals surface area contributed by atoms with Gasteiger partial charge in [0.05, 0.1) is 12.8 Å². The summed E-state index contributed by atoms with van der Waals surface area (Å²) >= 11 is 0. The Morgan fingerprint density at radius 1 is 1.33 bits per heavy atom. The minimum absolute atomic E-state index is 0.0730. The molecule has 1 amide bonds. The van der Waals surface area contributed by atoms with Crippen LogP contribution >= 0.6 is 0 Å². The van der Waals surface area contributed by atoms with Crippen molar-refractivity contribution in [3.05, 3.63) is 23.8 Å². The van der Waals surface area contributed by atoms with Crippen molar-refractivity contribution in [2.24, 2.45) is 5.10 Å². The van der Waals surface area contributed by atoms with Gasteiger partial charge in [-0.05, 0) is 31.5 Å². The van der Waals surface area contributed by atoms with Gasteiger partial charge >= 0.3 is 0 Å². The maximum atomic E-state index is 11.6. The minimum atomic E-state index is -0.0730. The molecule has 5 nitrogen and oxygen atoms in total. The number of hydrogen-bond donors (Lipinski definition) is 2. The number of ether oxygens (including phenoxy) is 1. The lowest BCUT2D eigenvalue weighted by Gasteiger charge is -2.07. The molecule has 0 heterocycles. The van der Waals surface area contributed by atoms with Crippen LogP contribution in [0.2, 0.25) is 0 Å². The first-order valence-corrected chi connectivity index (χ1v) is 7.29. The first-order chi connectivity index (χ1) is 10.1. The van der Waals surface area contributed by atoms with Gasteiger partial charge in [0.15, 0.2) is 11.5 Å². The number of methoxy groups -OCH3 is 1. The van der Waals surface area contributed by atoms with Crippen LogP contribution in [0.25, 0.3) is 0 Å². The van der Waals surface area contributed by atoms with Crippen LogP contribution in [0.4, 0.5) is 0 Å². The highest BCUT2D eigenvalue weighted by Gasteiger charge is 2.06. The molecular formula is C16H24N2O3. The van der Waals surface area contributed by atoms with Gasteiger partial charge in [0.2, 0.25) is 5.91 Å². The Morgan fingerprint density at radius 3 is 2.76 bits per heavy atom. The van der Waals surface area contributed by atoms with E-state index in [2.05, 4.69) is 17.5 Å². The van der Waals surface area contributed by atoms with E-state index in [9.17, 15) is 9.90 Å². The average molecular weight is 292 g/mol. The average Bonchev–Trinajstić information content (AvgIpc) is 2.49. The molecule has 0 unspecified atom stereocenters. The number of nitrogens with one attached hydrogen (secondary N) is 1. The number of hydrazone groups is 1. The maximum absolute atomic E-state index is 11.6. The van der Waals surface area contributed by atoms with E-state index in [1.807, 2.05) is 0 Å². The Hall–Kier alpha value is -2.04. The third-order valence-corrected chi connectivity index (χ3v) is 3.20. The van der Waals surface area contributed by atoms with Gasteiger partial charge in [-0.3, -0.25) is 4.79 Å². The molecule has 116 valence electrons. The Kier molecular flexibility index (Phi) is 7.29. The van der Waals surface area contributed by atoms with E-state index >= 15 is 0 Å². The van der Waals surface area contributed by atoms with Crippen molar-refractivity contribution in [2.45, 2.75) is 46.0 Å². The number of nitrogens with zero attached hydrogens (tertiary/aromatic N) is 1. The SMILES string of the molecule is CCCCCCC(=O)NN=C(C)c1ccc(O)c(OC)c1. The van der Waals surface area contributed by atoms with Crippen LogP contribution in [-0.2, 0) is 4.79 Å². The van der Waals surface area contributed by atoms with E-state index in [0.717, 1.165) is 31.2 Å². The van der Waals surface area contributed by atoms with E-state index in [1.54, 1.807) is 25.1 Å². The first kappa shape index (κ1) is 17.0. The van der Waals surface area contributed by atoms with Crippen LogP contribution in [0, 0.1) is 0 Å². The normalized spacial score (nSPS) is 11.3. The number of amides is 1. The fourth-order valence-corrected chi connectivity index (χ4v) is 1.88. The molecule has 0 aromatic heterocycles. The molecule has 2 N–H and O–H groups in total. The molecule has 5 heteroatoms. The van der Waals surface area contributed by atoms with Crippen molar-refractivity contribution in [1.82, 2.24) is 5.43 Å². The van der Waals surface area contributed by atoms with Gasteiger partial charge in [-0.15, -0.1) is 0 Å². The Bertz CT molecular complexity index is 498. The molecule has 0 spiro atoms. The van der Waals surface area contributed by atoms with Gasteiger partial charge in [-0.2, -0.15) is 5.10 Å². The molecule has 0 saturated heterocycles. The summed E-state index contributed by atoms with van der Waals surface area (Å²) in [5, 5.41) is 13.6. The fraction of sp³-hybridized carbons (Fsp3) is 0.500. The van der Waals surface area contributed by atoms with E-state index in [1.165, 1.54) is 7.11 Å². The number of carbonyl (C=O) groups excluding carboxylic acids is 1. The third-order valence-electron chi connectivity index (χ3n) is 3.20. The molecule has 21 heavy (non-hydrogen) atoms. The van der Waals surface area contributed by atoms with Crippen molar-refractivity contribution in [1.29, 1.82) is 0 Å². The van der Waals surface area contributed by atoms with Crippen LogP contribution in [0.15, 0.2) is 23.3 Å². The van der Waals surface area contributed by atoms with Crippen LogP contribution < -0.4 is 10.2 Å². The lowest BCUT2D eigenvalue weighted by molar-refractivity contribution is -0.121. The van der Waals surface area contributed by atoms with Crippen LogP contribution in [0.3, 0.4) is 0 Å². The van der Waals surface area contributed by atoms with E-state index in [4.69, 9.17) is 4.74 Å². The summed E-state index contributed by atoms with van der Waals surface area (Å²) in [6.07, 6.45) is 4.77. The lowest BCUT2D eigenvalue weighted by Crippen LogP contribution is -2.18. The molecule has 1 aromatic carbocycles. The summed E-state index contributed by atoms with van der Waals surface area (Å²) in [7, 11) is 1.49. The van der Waals surface area contributed by atoms with Crippen LogP contribution in [0.1, 0.15) is 51.5 Å². The van der Waals surface area contributed by atoms with Crippen molar-refractivity contribution in [3.63, 3.8) is 0 Å².